The number of hydrogen-bond donors (Lipinski definition) is 2. The second kappa shape index (κ2) is 8.07. The Balaban J connectivity index is 1.69. The molecule has 1 heterocycles. The van der Waals surface area contributed by atoms with Gasteiger partial charge < -0.3 is 20.5 Å². The molecule has 1 unspecified atom stereocenters. The van der Waals surface area contributed by atoms with Gasteiger partial charge in [-0.3, -0.25) is 4.79 Å². The first-order valence-electron chi connectivity index (χ1n) is 7.04. The summed E-state index contributed by atoms with van der Waals surface area (Å²) in [6.45, 7) is 2.01. The minimum atomic E-state index is -0.0404. The zero-order chi connectivity index (χ0) is 15.1. The van der Waals surface area contributed by atoms with E-state index in [1.807, 2.05) is 18.2 Å². The maximum Gasteiger partial charge on any atom is 0.224 e. The van der Waals surface area contributed by atoms with Crippen LogP contribution in [-0.2, 0) is 14.3 Å². The largest absolute Gasteiger partial charge is 0.389 e. The number of nitrogens with one attached hydrogen (secondary N) is 1. The molecule has 0 saturated carbocycles. The minimum Gasteiger partial charge on any atom is -0.389 e. The van der Waals surface area contributed by atoms with Crippen LogP contribution in [0.15, 0.2) is 24.3 Å². The van der Waals surface area contributed by atoms with Crippen LogP contribution in [0, 0.1) is 0 Å². The van der Waals surface area contributed by atoms with E-state index in [0.29, 0.717) is 36.7 Å². The maximum atomic E-state index is 11.8. The van der Waals surface area contributed by atoms with Gasteiger partial charge in [-0.15, -0.1) is 0 Å². The summed E-state index contributed by atoms with van der Waals surface area (Å²) in [5.41, 5.74) is 7.01. The molecule has 1 amide bonds. The molecular formula is C15H20N2O3S. The monoisotopic (exact) mass is 308 g/mol. The highest BCUT2D eigenvalue weighted by Crippen LogP contribution is 2.12. The molecule has 0 aliphatic carbocycles. The Hall–Kier alpha value is -1.50. The second-order valence-corrected chi connectivity index (χ2v) is 5.39. The second-order valence-electron chi connectivity index (χ2n) is 4.95. The number of amides is 1. The van der Waals surface area contributed by atoms with E-state index >= 15 is 0 Å². The van der Waals surface area contributed by atoms with Gasteiger partial charge in [0.15, 0.2) is 0 Å². The van der Waals surface area contributed by atoms with Crippen LogP contribution in [0.1, 0.15) is 24.8 Å². The molecule has 114 valence electrons. The first-order chi connectivity index (χ1) is 10.1. The predicted molar refractivity (Wildman–Crippen MR) is 85.4 cm³/mol. The highest BCUT2D eigenvalue weighted by Gasteiger charge is 2.15. The number of thiocarbonyl (C=S) groups is 1. The van der Waals surface area contributed by atoms with E-state index in [-0.39, 0.29) is 12.0 Å². The molecule has 1 aliphatic rings. The summed E-state index contributed by atoms with van der Waals surface area (Å²) >= 11 is 4.91. The fourth-order valence-corrected chi connectivity index (χ4v) is 2.23. The molecule has 0 aromatic heterocycles. The molecule has 0 radical (unpaired) electrons. The lowest BCUT2D eigenvalue weighted by Gasteiger charge is -2.10. The average molecular weight is 308 g/mol. The van der Waals surface area contributed by atoms with Crippen molar-refractivity contribution in [1.82, 2.24) is 0 Å². The zero-order valence-electron chi connectivity index (χ0n) is 11.8. The topological polar surface area (TPSA) is 73.6 Å². The van der Waals surface area contributed by atoms with Crippen molar-refractivity contribution in [2.75, 3.05) is 25.1 Å². The Bertz CT molecular complexity index is 501. The van der Waals surface area contributed by atoms with Gasteiger partial charge in [0.05, 0.1) is 12.7 Å². The Morgan fingerprint density at radius 1 is 1.52 bits per heavy atom. The van der Waals surface area contributed by atoms with Gasteiger partial charge in [0.1, 0.15) is 4.99 Å². The van der Waals surface area contributed by atoms with Crippen molar-refractivity contribution in [2.24, 2.45) is 5.73 Å². The van der Waals surface area contributed by atoms with E-state index in [1.54, 1.807) is 6.07 Å². The average Bonchev–Trinajstić information content (AvgIpc) is 2.97. The molecule has 1 atom stereocenters. The molecule has 5 nitrogen and oxygen atoms in total. The number of anilines is 1. The minimum absolute atomic E-state index is 0.0404. The number of carbonyl (C=O) groups excluding carboxylic acids is 1. The third-order valence-electron chi connectivity index (χ3n) is 3.22. The van der Waals surface area contributed by atoms with E-state index in [2.05, 4.69) is 5.32 Å². The first kappa shape index (κ1) is 15.9. The van der Waals surface area contributed by atoms with Crippen LogP contribution >= 0.6 is 12.2 Å². The molecule has 0 spiro atoms. The van der Waals surface area contributed by atoms with E-state index in [4.69, 9.17) is 27.4 Å². The van der Waals surface area contributed by atoms with Crippen molar-refractivity contribution < 1.29 is 14.3 Å². The van der Waals surface area contributed by atoms with Crippen molar-refractivity contribution in [3.8, 4) is 0 Å². The number of carbonyl (C=O) groups is 1. The smallest absolute Gasteiger partial charge is 0.224 e. The number of nitrogens with two attached hydrogens (primary N) is 1. The van der Waals surface area contributed by atoms with Crippen molar-refractivity contribution in [1.29, 1.82) is 0 Å². The van der Waals surface area contributed by atoms with Crippen LogP contribution in [0.5, 0.6) is 0 Å². The Morgan fingerprint density at radius 3 is 3.10 bits per heavy atom. The summed E-state index contributed by atoms with van der Waals surface area (Å²) in [5, 5.41) is 2.83. The number of benzene rings is 1. The van der Waals surface area contributed by atoms with Gasteiger partial charge in [-0.25, -0.2) is 0 Å². The van der Waals surface area contributed by atoms with Gasteiger partial charge in [0, 0.05) is 30.9 Å². The summed E-state index contributed by atoms with van der Waals surface area (Å²) in [6, 6.07) is 7.21. The van der Waals surface area contributed by atoms with Gasteiger partial charge in [0.2, 0.25) is 5.91 Å². The zero-order valence-corrected chi connectivity index (χ0v) is 12.7. The quantitative estimate of drug-likeness (QED) is 0.594. The fourth-order valence-electron chi connectivity index (χ4n) is 2.10. The number of hydrogen-bond acceptors (Lipinski definition) is 4. The van der Waals surface area contributed by atoms with Gasteiger partial charge in [-0.05, 0) is 25.0 Å². The first-order valence-corrected chi connectivity index (χ1v) is 7.45. The van der Waals surface area contributed by atoms with Gasteiger partial charge in [0.25, 0.3) is 0 Å². The SMILES string of the molecule is NC(=S)c1cccc(NC(=O)CCCOC2CCOC2)c1. The number of rotatable bonds is 7. The molecule has 0 bridgehead atoms. The van der Waals surface area contributed by atoms with Crippen molar-refractivity contribution in [3.63, 3.8) is 0 Å². The molecule has 1 fully saturated rings. The summed E-state index contributed by atoms with van der Waals surface area (Å²) in [4.78, 5) is 12.2. The molecule has 1 saturated heterocycles. The predicted octanol–water partition coefficient (Wildman–Crippen LogP) is 1.85. The molecule has 1 aliphatic heterocycles. The molecule has 3 N–H and O–H groups in total. The van der Waals surface area contributed by atoms with E-state index < -0.39 is 0 Å². The maximum absolute atomic E-state index is 11.8. The molecule has 21 heavy (non-hydrogen) atoms. The summed E-state index contributed by atoms with van der Waals surface area (Å²) in [5.74, 6) is -0.0404. The summed E-state index contributed by atoms with van der Waals surface area (Å²) in [7, 11) is 0. The van der Waals surface area contributed by atoms with Crippen molar-refractivity contribution >= 4 is 28.8 Å². The fraction of sp³-hybridized carbons (Fsp3) is 0.467. The third kappa shape index (κ3) is 5.41. The van der Waals surface area contributed by atoms with Crippen LogP contribution in [0.4, 0.5) is 5.69 Å². The van der Waals surface area contributed by atoms with Gasteiger partial charge in [-0.2, -0.15) is 0 Å². The van der Waals surface area contributed by atoms with Crippen molar-refractivity contribution in [2.45, 2.75) is 25.4 Å². The summed E-state index contributed by atoms with van der Waals surface area (Å²) in [6.07, 6.45) is 2.25. The van der Waals surface area contributed by atoms with Crippen LogP contribution in [0.25, 0.3) is 0 Å². The van der Waals surface area contributed by atoms with Gasteiger partial charge >= 0.3 is 0 Å². The third-order valence-corrected chi connectivity index (χ3v) is 3.46. The van der Waals surface area contributed by atoms with E-state index in [0.717, 1.165) is 18.6 Å². The number of ether oxygens (including phenoxy) is 2. The highest BCUT2D eigenvalue weighted by molar-refractivity contribution is 7.80. The summed E-state index contributed by atoms with van der Waals surface area (Å²) < 4.78 is 10.8. The Morgan fingerprint density at radius 2 is 2.38 bits per heavy atom. The van der Waals surface area contributed by atoms with E-state index in [1.165, 1.54) is 0 Å². The van der Waals surface area contributed by atoms with Crippen LogP contribution in [0.3, 0.4) is 0 Å². The lowest BCUT2D eigenvalue weighted by molar-refractivity contribution is -0.116. The molecule has 6 heteroatoms. The normalized spacial score (nSPS) is 17.6. The molecular weight excluding hydrogens is 288 g/mol. The van der Waals surface area contributed by atoms with E-state index in [9.17, 15) is 4.79 Å². The standard InChI is InChI=1S/C15H20N2O3S/c16-15(21)11-3-1-4-12(9-11)17-14(18)5-2-7-20-13-6-8-19-10-13/h1,3-4,9,13H,2,5-8,10H2,(H2,16,21)(H,17,18). The highest BCUT2D eigenvalue weighted by atomic mass is 32.1. The van der Waals surface area contributed by atoms with Crippen LogP contribution in [0.2, 0.25) is 0 Å². The van der Waals surface area contributed by atoms with Crippen molar-refractivity contribution in [3.05, 3.63) is 29.8 Å². The van der Waals surface area contributed by atoms with Crippen LogP contribution in [-0.4, -0.2) is 36.8 Å². The Kier molecular flexibility index (Phi) is 6.10. The molecule has 1 aromatic carbocycles. The lowest BCUT2D eigenvalue weighted by Crippen LogP contribution is -2.16. The van der Waals surface area contributed by atoms with Crippen LogP contribution < -0.4 is 11.1 Å². The lowest BCUT2D eigenvalue weighted by atomic mass is 10.2. The van der Waals surface area contributed by atoms with Gasteiger partial charge in [-0.1, -0.05) is 24.4 Å². The molecule has 1 aromatic rings. The Labute approximate surface area is 129 Å². The molecule has 2 rings (SSSR count).